The maximum Gasteiger partial charge on any atom is 0.234 e. The van der Waals surface area contributed by atoms with Crippen LogP contribution in [0, 0.1) is 0 Å². The molecule has 116 valence electrons. The Morgan fingerprint density at radius 1 is 1.22 bits per heavy atom. The van der Waals surface area contributed by atoms with Crippen molar-refractivity contribution in [3.63, 3.8) is 0 Å². The predicted octanol–water partition coefficient (Wildman–Crippen LogP) is 3.61. The van der Waals surface area contributed by atoms with Gasteiger partial charge in [0.2, 0.25) is 5.91 Å². The van der Waals surface area contributed by atoms with Gasteiger partial charge in [-0.3, -0.25) is 4.79 Å². The number of carbonyl (C=O) groups excluding carboxylic acids is 1. The maximum atomic E-state index is 11.9. The largest absolute Gasteiger partial charge is 0.325 e. The highest BCUT2D eigenvalue weighted by Crippen LogP contribution is 2.20. The van der Waals surface area contributed by atoms with Crippen molar-refractivity contribution in [3.8, 4) is 0 Å². The lowest BCUT2D eigenvalue weighted by atomic mass is 10.1. The van der Waals surface area contributed by atoms with Crippen molar-refractivity contribution >= 4 is 45.7 Å². The highest BCUT2D eigenvalue weighted by Gasteiger charge is 2.16. The average Bonchev–Trinajstić information content (AvgIpc) is 3.03. The first-order valence-electron chi connectivity index (χ1n) is 6.94. The molecule has 1 aromatic heterocycles. The van der Waals surface area contributed by atoms with E-state index in [9.17, 15) is 4.79 Å². The van der Waals surface area contributed by atoms with Crippen LogP contribution < -0.4 is 5.32 Å². The van der Waals surface area contributed by atoms with Crippen LogP contribution in [-0.4, -0.2) is 27.4 Å². The topological polar surface area (TPSA) is 66.7 Å². The van der Waals surface area contributed by atoms with Crippen molar-refractivity contribution in [2.45, 2.75) is 6.42 Å². The number of hydrogen-bond donors (Lipinski definition) is 1. The third-order valence-electron chi connectivity index (χ3n) is 3.09. The predicted molar refractivity (Wildman–Crippen MR) is 95.4 cm³/mol. The Morgan fingerprint density at radius 2 is 2.04 bits per heavy atom. The van der Waals surface area contributed by atoms with Crippen molar-refractivity contribution in [2.75, 3.05) is 11.1 Å². The molecule has 23 heavy (non-hydrogen) atoms. The minimum absolute atomic E-state index is 0.0655. The number of aromatic nitrogens is 1. The summed E-state index contributed by atoms with van der Waals surface area (Å²) in [6, 6.07) is 13.0. The zero-order valence-electron chi connectivity index (χ0n) is 12.1. The molecule has 0 unspecified atom stereocenters. The van der Waals surface area contributed by atoms with Crippen molar-refractivity contribution in [2.24, 2.45) is 10.2 Å². The molecule has 0 atom stereocenters. The van der Waals surface area contributed by atoms with E-state index < -0.39 is 0 Å². The maximum absolute atomic E-state index is 11.9. The number of rotatable bonds is 4. The Labute approximate surface area is 142 Å². The normalized spacial score (nSPS) is 13.4. The molecule has 0 radical (unpaired) electrons. The van der Waals surface area contributed by atoms with Gasteiger partial charge in [0.05, 0.1) is 11.5 Å². The third kappa shape index (κ3) is 4.40. The highest BCUT2D eigenvalue weighted by molar-refractivity contribution is 8.14. The first-order chi connectivity index (χ1) is 11.2. The molecule has 5 nitrogen and oxygen atoms in total. The molecule has 1 N–H and O–H groups in total. The van der Waals surface area contributed by atoms with Gasteiger partial charge in [-0.05, 0) is 24.3 Å². The molecule has 0 saturated carbocycles. The molecule has 0 fully saturated rings. The number of anilines is 1. The number of pyridine rings is 1. The molecule has 1 aromatic carbocycles. The lowest BCUT2D eigenvalue weighted by Crippen LogP contribution is -2.15. The second kappa shape index (κ2) is 7.39. The minimum Gasteiger partial charge on any atom is -0.325 e. The summed E-state index contributed by atoms with van der Waals surface area (Å²) in [5.41, 5.74) is 2.52. The van der Waals surface area contributed by atoms with Crippen molar-refractivity contribution in [3.05, 3.63) is 59.4 Å². The van der Waals surface area contributed by atoms with Gasteiger partial charge >= 0.3 is 0 Å². The average molecular weight is 345 g/mol. The first kappa shape index (κ1) is 15.7. The summed E-state index contributed by atoms with van der Waals surface area (Å²) in [6.07, 6.45) is 2.24. The summed E-state index contributed by atoms with van der Waals surface area (Å²) < 4.78 is 0. The molecule has 1 amide bonds. The molecule has 0 bridgehead atoms. The van der Waals surface area contributed by atoms with E-state index in [0.29, 0.717) is 17.3 Å². The van der Waals surface area contributed by atoms with Gasteiger partial charge in [0, 0.05) is 23.9 Å². The number of halogens is 1. The SMILES string of the molecule is O=C(CSC1=NN=C(c2ccnc(Cl)c2)C1)Nc1ccccc1. The molecule has 1 aliphatic rings. The summed E-state index contributed by atoms with van der Waals surface area (Å²) in [4.78, 5) is 15.9. The number of benzene rings is 1. The van der Waals surface area contributed by atoms with Crippen LogP contribution in [0.15, 0.2) is 58.9 Å². The van der Waals surface area contributed by atoms with E-state index in [0.717, 1.165) is 22.0 Å². The Morgan fingerprint density at radius 3 is 2.83 bits per heavy atom. The molecule has 2 heterocycles. The van der Waals surface area contributed by atoms with Crippen LogP contribution in [0.25, 0.3) is 0 Å². The Kier molecular flexibility index (Phi) is 5.05. The second-order valence-electron chi connectivity index (χ2n) is 4.79. The van der Waals surface area contributed by atoms with E-state index in [2.05, 4.69) is 20.5 Å². The van der Waals surface area contributed by atoms with Gasteiger partial charge in [-0.2, -0.15) is 5.10 Å². The van der Waals surface area contributed by atoms with Crippen LogP contribution in [0.1, 0.15) is 12.0 Å². The Balaban J connectivity index is 1.49. The van der Waals surface area contributed by atoms with Gasteiger partial charge in [0.15, 0.2) is 0 Å². The fourth-order valence-corrected chi connectivity index (χ4v) is 2.90. The quantitative estimate of drug-likeness (QED) is 0.861. The number of hydrogen-bond acceptors (Lipinski definition) is 5. The van der Waals surface area contributed by atoms with Gasteiger partial charge in [-0.1, -0.05) is 41.6 Å². The molecular formula is C16H13ClN4OS. The first-order valence-corrected chi connectivity index (χ1v) is 8.30. The zero-order chi connectivity index (χ0) is 16.1. The van der Waals surface area contributed by atoms with Gasteiger partial charge in [0.25, 0.3) is 0 Å². The van der Waals surface area contributed by atoms with Crippen LogP contribution in [0.4, 0.5) is 5.69 Å². The van der Waals surface area contributed by atoms with Crippen LogP contribution in [0.5, 0.6) is 0 Å². The molecule has 1 aliphatic heterocycles. The Hall–Kier alpha value is -2.18. The number of nitrogens with zero attached hydrogens (tertiary/aromatic N) is 3. The van der Waals surface area contributed by atoms with E-state index in [1.807, 2.05) is 36.4 Å². The van der Waals surface area contributed by atoms with Crippen molar-refractivity contribution in [1.29, 1.82) is 0 Å². The van der Waals surface area contributed by atoms with Crippen LogP contribution >= 0.6 is 23.4 Å². The smallest absolute Gasteiger partial charge is 0.234 e. The monoisotopic (exact) mass is 344 g/mol. The molecule has 0 spiro atoms. The molecule has 7 heteroatoms. The number of nitrogens with one attached hydrogen (secondary N) is 1. The third-order valence-corrected chi connectivity index (χ3v) is 4.26. The molecule has 0 aliphatic carbocycles. The highest BCUT2D eigenvalue weighted by atomic mass is 35.5. The lowest BCUT2D eigenvalue weighted by molar-refractivity contribution is -0.113. The van der Waals surface area contributed by atoms with Crippen molar-refractivity contribution in [1.82, 2.24) is 4.98 Å². The van der Waals surface area contributed by atoms with E-state index >= 15 is 0 Å². The summed E-state index contributed by atoms with van der Waals surface area (Å²) in [6.45, 7) is 0. The van der Waals surface area contributed by atoms with E-state index in [-0.39, 0.29) is 5.91 Å². The van der Waals surface area contributed by atoms with Gasteiger partial charge in [-0.25, -0.2) is 4.98 Å². The summed E-state index contributed by atoms with van der Waals surface area (Å²) >= 11 is 7.27. The molecule has 0 saturated heterocycles. The fourth-order valence-electron chi connectivity index (χ4n) is 2.02. The number of thioether (sulfide) groups is 1. The Bertz CT molecular complexity index is 777. The van der Waals surface area contributed by atoms with E-state index in [4.69, 9.17) is 11.6 Å². The fraction of sp³-hybridized carbons (Fsp3) is 0.125. The van der Waals surface area contributed by atoms with Crippen LogP contribution in [0.3, 0.4) is 0 Å². The number of carbonyl (C=O) groups is 1. The van der Waals surface area contributed by atoms with Crippen molar-refractivity contribution < 1.29 is 4.79 Å². The molecule has 3 rings (SSSR count). The van der Waals surface area contributed by atoms with E-state index in [1.165, 1.54) is 11.8 Å². The van der Waals surface area contributed by atoms with E-state index in [1.54, 1.807) is 12.3 Å². The van der Waals surface area contributed by atoms with Gasteiger partial charge in [-0.15, -0.1) is 5.10 Å². The van der Waals surface area contributed by atoms with Gasteiger partial charge < -0.3 is 5.32 Å². The minimum atomic E-state index is -0.0655. The standard InChI is InChI=1S/C16H13ClN4OS/c17-14-8-11(6-7-18-14)13-9-16(21-20-13)23-10-15(22)19-12-4-2-1-3-5-12/h1-8H,9-10H2,(H,19,22). The molecular weight excluding hydrogens is 332 g/mol. The second-order valence-corrected chi connectivity index (χ2v) is 6.22. The summed E-state index contributed by atoms with van der Waals surface area (Å²) in [5, 5.41) is 12.4. The lowest BCUT2D eigenvalue weighted by Gasteiger charge is -2.04. The van der Waals surface area contributed by atoms with Gasteiger partial charge in [0.1, 0.15) is 10.2 Å². The van der Waals surface area contributed by atoms with Crippen LogP contribution in [0.2, 0.25) is 5.15 Å². The number of para-hydroxylation sites is 1. The zero-order valence-corrected chi connectivity index (χ0v) is 13.6. The van der Waals surface area contributed by atoms with Crippen LogP contribution in [-0.2, 0) is 4.79 Å². The summed E-state index contributed by atoms with van der Waals surface area (Å²) in [7, 11) is 0. The molecule has 2 aromatic rings. The number of amides is 1. The summed E-state index contributed by atoms with van der Waals surface area (Å²) in [5.74, 6) is 0.234.